The summed E-state index contributed by atoms with van der Waals surface area (Å²) in [5.74, 6) is -0.631. The summed E-state index contributed by atoms with van der Waals surface area (Å²) in [6.07, 6.45) is 4.70. The molecule has 6 N–H and O–H groups in total. The van der Waals surface area contributed by atoms with E-state index in [2.05, 4.69) is 53.1 Å². The number of hydrogen-bond donors (Lipinski definition) is 6. The number of nitrogens with one attached hydrogen (secondary N) is 4. The van der Waals surface area contributed by atoms with Crippen LogP contribution in [-0.4, -0.2) is 52.4 Å². The summed E-state index contributed by atoms with van der Waals surface area (Å²) in [6.45, 7) is 0. The van der Waals surface area contributed by atoms with Gasteiger partial charge in [0.25, 0.3) is 11.8 Å². The number of aliphatic hydroxyl groups is 2. The van der Waals surface area contributed by atoms with Crippen molar-refractivity contribution in [2.24, 2.45) is 0 Å². The van der Waals surface area contributed by atoms with Crippen LogP contribution >= 0.6 is 31.9 Å². The third kappa shape index (κ3) is 7.78. The number of halogens is 2. The zero-order valence-electron chi connectivity index (χ0n) is 20.8. The highest BCUT2D eigenvalue weighted by Gasteiger charge is 2.25. The molecule has 2 aliphatic carbocycles. The minimum absolute atomic E-state index is 0.0391. The van der Waals surface area contributed by atoms with Gasteiger partial charge in [-0.25, -0.2) is 4.79 Å². The van der Waals surface area contributed by atoms with Gasteiger partial charge < -0.3 is 31.5 Å². The fourth-order valence-corrected chi connectivity index (χ4v) is 5.59. The van der Waals surface area contributed by atoms with Gasteiger partial charge in [-0.1, -0.05) is 31.9 Å². The summed E-state index contributed by atoms with van der Waals surface area (Å²) < 4.78 is 1.38. The van der Waals surface area contributed by atoms with Crippen LogP contribution in [0.3, 0.4) is 0 Å². The number of carbonyl (C=O) groups is 3. The van der Waals surface area contributed by atoms with Gasteiger partial charge in [0.05, 0.1) is 34.7 Å². The first kappa shape index (κ1) is 28.5. The largest absolute Gasteiger partial charge is 0.393 e. The van der Waals surface area contributed by atoms with Gasteiger partial charge in [0.2, 0.25) is 0 Å². The molecule has 0 aliphatic heterocycles. The third-order valence-corrected chi connectivity index (χ3v) is 8.00. The molecule has 0 saturated heterocycles. The number of urea groups is 1. The molecule has 2 fully saturated rings. The quantitative estimate of drug-likeness (QED) is 0.263. The summed E-state index contributed by atoms with van der Waals surface area (Å²) in [4.78, 5) is 39.1. The Morgan fingerprint density at radius 1 is 0.632 bits per heavy atom. The van der Waals surface area contributed by atoms with Crippen LogP contribution in [0.1, 0.15) is 72.1 Å². The Hall–Kier alpha value is -2.47. The number of aliphatic hydroxyl groups excluding tert-OH is 2. The second-order valence-electron chi connectivity index (χ2n) is 9.92. The molecular weight excluding hydrogens is 620 g/mol. The van der Waals surface area contributed by atoms with Crippen molar-refractivity contribution in [3.05, 3.63) is 56.5 Å². The van der Waals surface area contributed by atoms with E-state index in [1.54, 1.807) is 36.4 Å². The molecule has 2 saturated carbocycles. The van der Waals surface area contributed by atoms with E-state index in [0.29, 0.717) is 82.8 Å². The van der Waals surface area contributed by atoms with Gasteiger partial charge in [-0.05, 0) is 87.8 Å². The molecule has 4 amide bonds. The van der Waals surface area contributed by atoms with E-state index in [1.807, 2.05) is 0 Å². The van der Waals surface area contributed by atoms with Crippen LogP contribution < -0.4 is 21.3 Å². The molecule has 4 rings (SSSR count). The Bertz CT molecular complexity index is 1090. The first-order valence-electron chi connectivity index (χ1n) is 12.8. The van der Waals surface area contributed by atoms with Gasteiger partial charge in [0.1, 0.15) is 0 Å². The van der Waals surface area contributed by atoms with Crippen LogP contribution in [0, 0.1) is 0 Å². The van der Waals surface area contributed by atoms with Gasteiger partial charge >= 0.3 is 6.03 Å². The predicted molar refractivity (Wildman–Crippen MR) is 152 cm³/mol. The van der Waals surface area contributed by atoms with Crippen LogP contribution in [-0.2, 0) is 0 Å². The lowest BCUT2D eigenvalue weighted by molar-refractivity contribution is 0.0864. The Morgan fingerprint density at radius 3 is 1.37 bits per heavy atom. The Morgan fingerprint density at radius 2 is 1.00 bits per heavy atom. The highest BCUT2D eigenvalue weighted by molar-refractivity contribution is 9.10. The van der Waals surface area contributed by atoms with E-state index >= 15 is 0 Å². The van der Waals surface area contributed by atoms with Crippen molar-refractivity contribution in [2.45, 2.75) is 75.7 Å². The standard InChI is InChI=1S/C27H32Br2N4O5/c28-15-1-11-23(21(13-15)25(36)30-17-3-7-19(34)8-4-17)32-27(38)33-24-12-2-16(29)14-22(24)26(37)31-18-5-9-20(35)10-6-18/h1-2,11-14,17-20,34-35H,3-10H2,(H,30,36)(H,31,37)(H2,32,33,38). The number of carbonyl (C=O) groups excluding carboxylic acids is 3. The lowest BCUT2D eigenvalue weighted by Gasteiger charge is -2.26. The molecular formula is C27H32Br2N4O5. The van der Waals surface area contributed by atoms with Gasteiger partial charge in [-0.3, -0.25) is 9.59 Å². The summed E-state index contributed by atoms with van der Waals surface area (Å²) in [6, 6.07) is 9.33. The summed E-state index contributed by atoms with van der Waals surface area (Å²) in [5, 5.41) is 30.9. The van der Waals surface area contributed by atoms with E-state index in [-0.39, 0.29) is 36.1 Å². The molecule has 2 aromatic rings. The maximum atomic E-state index is 13.1. The molecule has 0 heterocycles. The maximum Gasteiger partial charge on any atom is 0.323 e. The number of anilines is 2. The smallest absolute Gasteiger partial charge is 0.323 e. The highest BCUT2D eigenvalue weighted by atomic mass is 79.9. The van der Waals surface area contributed by atoms with Gasteiger partial charge in [0, 0.05) is 21.0 Å². The third-order valence-electron chi connectivity index (χ3n) is 7.01. The summed E-state index contributed by atoms with van der Waals surface area (Å²) in [7, 11) is 0. The van der Waals surface area contributed by atoms with Crippen LogP contribution in [0.2, 0.25) is 0 Å². The monoisotopic (exact) mass is 650 g/mol. The second kappa shape index (κ2) is 13.1. The zero-order chi connectivity index (χ0) is 27.2. The van der Waals surface area contributed by atoms with Crippen molar-refractivity contribution in [3.8, 4) is 0 Å². The molecule has 9 nitrogen and oxygen atoms in total. The molecule has 38 heavy (non-hydrogen) atoms. The predicted octanol–water partition coefficient (Wildman–Crippen LogP) is 4.92. The number of benzene rings is 2. The molecule has 0 aromatic heterocycles. The molecule has 2 aliphatic rings. The van der Waals surface area contributed by atoms with Crippen molar-refractivity contribution in [1.82, 2.24) is 10.6 Å². The second-order valence-corrected chi connectivity index (χ2v) is 11.7. The maximum absolute atomic E-state index is 13.1. The Kier molecular flexibility index (Phi) is 9.80. The number of hydrogen-bond acceptors (Lipinski definition) is 5. The van der Waals surface area contributed by atoms with E-state index in [4.69, 9.17) is 0 Å². The van der Waals surface area contributed by atoms with Gasteiger partial charge in [0.15, 0.2) is 0 Å². The normalized spacial score (nSPS) is 23.3. The highest BCUT2D eigenvalue weighted by Crippen LogP contribution is 2.26. The Balaban J connectivity index is 1.44. The van der Waals surface area contributed by atoms with Gasteiger partial charge in [-0.15, -0.1) is 0 Å². The summed E-state index contributed by atoms with van der Waals surface area (Å²) in [5.41, 5.74) is 1.24. The molecule has 0 unspecified atom stereocenters. The van der Waals surface area contributed by atoms with E-state index in [1.165, 1.54) is 0 Å². The lowest BCUT2D eigenvalue weighted by atomic mass is 9.93. The van der Waals surface area contributed by atoms with Crippen LogP contribution in [0.25, 0.3) is 0 Å². The van der Waals surface area contributed by atoms with E-state index in [0.717, 1.165) is 0 Å². The zero-order valence-corrected chi connectivity index (χ0v) is 24.0. The minimum atomic E-state index is -0.598. The fraction of sp³-hybridized carbons (Fsp3) is 0.444. The van der Waals surface area contributed by atoms with E-state index in [9.17, 15) is 24.6 Å². The molecule has 11 heteroatoms. The fourth-order valence-electron chi connectivity index (χ4n) is 4.87. The Labute approximate surface area is 238 Å². The molecule has 0 radical (unpaired) electrons. The average molecular weight is 652 g/mol. The van der Waals surface area contributed by atoms with Crippen molar-refractivity contribution in [3.63, 3.8) is 0 Å². The minimum Gasteiger partial charge on any atom is -0.393 e. The molecule has 0 atom stereocenters. The van der Waals surface area contributed by atoms with Crippen molar-refractivity contribution in [2.75, 3.05) is 10.6 Å². The SMILES string of the molecule is O=C(Nc1ccc(Br)cc1C(=O)NC1CCC(O)CC1)Nc1ccc(Br)cc1C(=O)NC1CCC(O)CC1. The van der Waals surface area contributed by atoms with Crippen LogP contribution in [0.15, 0.2) is 45.3 Å². The van der Waals surface area contributed by atoms with Gasteiger partial charge in [-0.2, -0.15) is 0 Å². The van der Waals surface area contributed by atoms with Crippen molar-refractivity contribution in [1.29, 1.82) is 0 Å². The first-order chi connectivity index (χ1) is 18.2. The number of rotatable bonds is 6. The molecule has 204 valence electrons. The molecule has 0 bridgehead atoms. The van der Waals surface area contributed by atoms with Crippen molar-refractivity contribution >= 4 is 61.1 Å². The number of amides is 4. The van der Waals surface area contributed by atoms with Crippen LogP contribution in [0.5, 0.6) is 0 Å². The van der Waals surface area contributed by atoms with Crippen LogP contribution in [0.4, 0.5) is 16.2 Å². The summed E-state index contributed by atoms with van der Waals surface area (Å²) >= 11 is 6.78. The molecule has 0 spiro atoms. The average Bonchev–Trinajstić information content (AvgIpc) is 2.88. The topological polar surface area (TPSA) is 140 Å². The van der Waals surface area contributed by atoms with E-state index < -0.39 is 6.03 Å². The first-order valence-corrected chi connectivity index (χ1v) is 14.4. The van der Waals surface area contributed by atoms with Crippen molar-refractivity contribution < 1.29 is 24.6 Å². The lowest BCUT2D eigenvalue weighted by Crippen LogP contribution is -2.39. The molecule has 2 aromatic carbocycles.